The summed E-state index contributed by atoms with van der Waals surface area (Å²) < 4.78 is 19.2. The molecule has 2 aromatic carbocycles. The second-order valence-electron chi connectivity index (χ2n) is 9.34. The SMILES string of the molecule is [C-]#[N+]c1cc(C(=O)Cc2cc(Cl)cc(CN3CCN(C(=O)[C@@H]4CCCO4)[C@@H](C)C3)c2C)ccc1F. The number of amides is 1. The highest BCUT2D eigenvalue weighted by Crippen LogP contribution is 2.26. The van der Waals surface area contributed by atoms with Crippen molar-refractivity contribution in [3.63, 3.8) is 0 Å². The monoisotopic (exact) mass is 497 g/mol. The third kappa shape index (κ3) is 5.72. The minimum atomic E-state index is -0.635. The molecule has 35 heavy (non-hydrogen) atoms. The third-order valence-corrected chi connectivity index (χ3v) is 7.14. The van der Waals surface area contributed by atoms with Gasteiger partial charge in [0.25, 0.3) is 5.91 Å². The van der Waals surface area contributed by atoms with E-state index in [1.165, 1.54) is 12.1 Å². The van der Waals surface area contributed by atoms with E-state index < -0.39 is 5.82 Å². The Balaban J connectivity index is 1.44. The summed E-state index contributed by atoms with van der Waals surface area (Å²) in [5, 5.41) is 0.551. The standard InChI is InChI=1S/C27H29ClFN3O3/c1-17-15-31(8-9-32(17)27(34)26-5-4-10-35-26)16-21-12-22(28)11-20(18(21)2)14-25(33)19-6-7-23(29)24(13-19)30-3/h6-7,11-13,17,26H,4-5,8-10,14-16H2,1-2H3/t17-,26-/m0/s1. The van der Waals surface area contributed by atoms with Crippen LogP contribution in [-0.4, -0.2) is 59.9 Å². The molecule has 0 spiro atoms. The zero-order valence-electron chi connectivity index (χ0n) is 20.0. The van der Waals surface area contributed by atoms with Crippen LogP contribution in [0.4, 0.5) is 10.1 Å². The summed E-state index contributed by atoms with van der Waals surface area (Å²) in [7, 11) is 0. The van der Waals surface area contributed by atoms with Crippen molar-refractivity contribution in [1.82, 2.24) is 9.80 Å². The Morgan fingerprint density at radius 3 is 2.69 bits per heavy atom. The minimum absolute atomic E-state index is 0.0797. The van der Waals surface area contributed by atoms with Crippen LogP contribution in [0.25, 0.3) is 4.85 Å². The lowest BCUT2D eigenvalue weighted by Crippen LogP contribution is -2.55. The highest BCUT2D eigenvalue weighted by atomic mass is 35.5. The predicted octanol–water partition coefficient (Wildman–Crippen LogP) is 4.98. The van der Waals surface area contributed by atoms with Gasteiger partial charge < -0.3 is 9.64 Å². The summed E-state index contributed by atoms with van der Waals surface area (Å²) in [5.74, 6) is -0.734. The van der Waals surface area contributed by atoms with Crippen molar-refractivity contribution in [2.45, 2.75) is 51.8 Å². The van der Waals surface area contributed by atoms with Crippen molar-refractivity contribution < 1.29 is 18.7 Å². The summed E-state index contributed by atoms with van der Waals surface area (Å²) in [6, 6.07) is 7.65. The zero-order valence-corrected chi connectivity index (χ0v) is 20.8. The number of ether oxygens (including phenoxy) is 1. The van der Waals surface area contributed by atoms with E-state index in [1.54, 1.807) is 6.07 Å². The van der Waals surface area contributed by atoms with Crippen molar-refractivity contribution in [3.05, 3.63) is 74.8 Å². The van der Waals surface area contributed by atoms with Crippen molar-refractivity contribution in [2.75, 3.05) is 26.2 Å². The maximum Gasteiger partial charge on any atom is 0.252 e. The van der Waals surface area contributed by atoms with Crippen LogP contribution in [0.2, 0.25) is 5.02 Å². The normalized spacial score (nSPS) is 20.6. The van der Waals surface area contributed by atoms with Crippen LogP contribution in [0.15, 0.2) is 30.3 Å². The first-order valence-corrected chi connectivity index (χ1v) is 12.3. The van der Waals surface area contributed by atoms with Crippen LogP contribution in [0, 0.1) is 19.3 Å². The van der Waals surface area contributed by atoms with Crippen molar-refractivity contribution in [2.24, 2.45) is 0 Å². The smallest absolute Gasteiger partial charge is 0.252 e. The predicted molar refractivity (Wildman–Crippen MR) is 132 cm³/mol. The number of carbonyl (C=O) groups excluding carboxylic acids is 2. The summed E-state index contributed by atoms with van der Waals surface area (Å²) >= 11 is 6.42. The molecular weight excluding hydrogens is 469 g/mol. The summed E-state index contributed by atoms with van der Waals surface area (Å²) in [4.78, 5) is 33.1. The number of nitrogens with zero attached hydrogens (tertiary/aromatic N) is 3. The van der Waals surface area contributed by atoms with Gasteiger partial charge in [0.1, 0.15) is 11.9 Å². The summed E-state index contributed by atoms with van der Waals surface area (Å²) in [5.41, 5.74) is 2.98. The Hall–Kier alpha value is -2.79. The number of halogens is 2. The molecule has 2 aliphatic rings. The van der Waals surface area contributed by atoms with Gasteiger partial charge >= 0.3 is 0 Å². The fourth-order valence-corrected chi connectivity index (χ4v) is 5.16. The molecule has 2 fully saturated rings. The van der Waals surface area contributed by atoms with Crippen LogP contribution in [0.5, 0.6) is 0 Å². The average molecular weight is 498 g/mol. The molecule has 1 amide bonds. The number of carbonyl (C=O) groups is 2. The van der Waals surface area contributed by atoms with E-state index in [4.69, 9.17) is 22.9 Å². The molecule has 2 heterocycles. The number of rotatable bonds is 6. The molecule has 184 valence electrons. The van der Waals surface area contributed by atoms with E-state index >= 15 is 0 Å². The second kappa shape index (κ2) is 10.9. The molecule has 0 bridgehead atoms. The maximum absolute atomic E-state index is 13.7. The Bertz CT molecular complexity index is 1170. The molecule has 0 radical (unpaired) electrons. The molecule has 0 aliphatic carbocycles. The largest absolute Gasteiger partial charge is 0.368 e. The molecule has 0 aromatic heterocycles. The Morgan fingerprint density at radius 2 is 2.00 bits per heavy atom. The molecule has 2 aromatic rings. The number of ketones is 1. The van der Waals surface area contributed by atoms with Crippen LogP contribution >= 0.6 is 11.6 Å². The van der Waals surface area contributed by atoms with Gasteiger partial charge in [0.05, 0.1) is 6.57 Å². The number of hydrogen-bond acceptors (Lipinski definition) is 4. The van der Waals surface area contributed by atoms with Gasteiger partial charge in [0.15, 0.2) is 5.78 Å². The fraction of sp³-hybridized carbons (Fsp3) is 0.444. The van der Waals surface area contributed by atoms with E-state index in [1.807, 2.05) is 17.9 Å². The van der Waals surface area contributed by atoms with Crippen molar-refractivity contribution in [3.8, 4) is 0 Å². The van der Waals surface area contributed by atoms with Crippen LogP contribution < -0.4 is 0 Å². The summed E-state index contributed by atoms with van der Waals surface area (Å²) in [6.45, 7) is 14.6. The van der Waals surface area contributed by atoms with Crippen LogP contribution in [0.3, 0.4) is 0 Å². The van der Waals surface area contributed by atoms with Gasteiger partial charge in [-0.1, -0.05) is 17.7 Å². The minimum Gasteiger partial charge on any atom is -0.368 e. The molecular formula is C27H29ClFN3O3. The molecule has 2 atom stereocenters. The van der Waals surface area contributed by atoms with Crippen LogP contribution in [-0.2, 0) is 22.5 Å². The molecule has 0 unspecified atom stereocenters. The topological polar surface area (TPSA) is 54.2 Å². The van der Waals surface area contributed by atoms with Crippen LogP contribution in [0.1, 0.15) is 46.8 Å². The Kier molecular flexibility index (Phi) is 7.85. The van der Waals surface area contributed by atoms with Gasteiger partial charge in [-0.05, 0) is 67.6 Å². The van der Waals surface area contributed by atoms with E-state index in [2.05, 4.69) is 16.7 Å². The number of hydrogen-bond donors (Lipinski definition) is 0. The van der Waals surface area contributed by atoms with Gasteiger partial charge in [0, 0.05) is 55.8 Å². The van der Waals surface area contributed by atoms with Crippen molar-refractivity contribution in [1.29, 1.82) is 0 Å². The van der Waals surface area contributed by atoms with Crippen molar-refractivity contribution >= 4 is 29.0 Å². The van der Waals surface area contributed by atoms with E-state index in [0.29, 0.717) is 30.3 Å². The van der Waals surface area contributed by atoms with Gasteiger partial charge in [-0.15, -0.1) is 0 Å². The van der Waals surface area contributed by atoms with E-state index in [-0.39, 0.29) is 35.9 Å². The molecule has 0 N–H and O–H groups in total. The molecule has 2 saturated heterocycles. The Labute approximate surface area is 210 Å². The van der Waals surface area contributed by atoms with Gasteiger partial charge in [-0.25, -0.2) is 9.24 Å². The van der Waals surface area contributed by atoms with E-state index in [0.717, 1.165) is 48.7 Å². The fourth-order valence-electron chi connectivity index (χ4n) is 4.89. The first-order valence-electron chi connectivity index (χ1n) is 11.9. The molecule has 0 saturated carbocycles. The number of Topliss-reactive ketones (excluding diaryl/α,β-unsaturated/α-hetero) is 1. The van der Waals surface area contributed by atoms with Gasteiger partial charge in [-0.2, -0.15) is 0 Å². The first kappa shape index (κ1) is 25.3. The average Bonchev–Trinajstić information content (AvgIpc) is 3.37. The lowest BCUT2D eigenvalue weighted by Gasteiger charge is -2.41. The number of benzene rings is 2. The maximum atomic E-state index is 13.7. The third-order valence-electron chi connectivity index (χ3n) is 6.92. The van der Waals surface area contributed by atoms with Gasteiger partial charge in [0.2, 0.25) is 5.69 Å². The molecule has 8 heteroatoms. The highest BCUT2D eigenvalue weighted by Gasteiger charge is 2.34. The highest BCUT2D eigenvalue weighted by molar-refractivity contribution is 6.30. The number of piperazine rings is 1. The van der Waals surface area contributed by atoms with E-state index in [9.17, 15) is 14.0 Å². The first-order chi connectivity index (χ1) is 16.8. The van der Waals surface area contributed by atoms with Gasteiger partial charge in [-0.3, -0.25) is 14.5 Å². The quantitative estimate of drug-likeness (QED) is 0.417. The Morgan fingerprint density at radius 1 is 1.23 bits per heavy atom. The molecule has 6 nitrogen and oxygen atoms in total. The lowest BCUT2D eigenvalue weighted by atomic mass is 9.95. The second-order valence-corrected chi connectivity index (χ2v) is 9.78. The summed E-state index contributed by atoms with van der Waals surface area (Å²) in [6.07, 6.45) is 1.55. The molecule has 2 aliphatic heterocycles. The molecule has 4 rings (SSSR count). The zero-order chi connectivity index (χ0) is 25.1. The lowest BCUT2D eigenvalue weighted by molar-refractivity contribution is -0.145.